The zero-order valence-corrected chi connectivity index (χ0v) is 9.83. The smallest absolute Gasteiger partial charge is 0.160 e. The molecule has 0 saturated carbocycles. The first-order chi connectivity index (χ1) is 8.11. The molecule has 0 bridgehead atoms. The van der Waals surface area contributed by atoms with Crippen molar-refractivity contribution in [2.45, 2.75) is 18.7 Å². The molecule has 0 saturated heterocycles. The number of alkyl halides is 1. The molecule has 2 aromatic rings. The van der Waals surface area contributed by atoms with Gasteiger partial charge in [0.05, 0.1) is 17.3 Å². The van der Waals surface area contributed by atoms with E-state index in [2.05, 4.69) is 10.3 Å². The van der Waals surface area contributed by atoms with Gasteiger partial charge in [-0.3, -0.25) is 0 Å². The largest absolute Gasteiger partial charge is 0.220 e. The summed E-state index contributed by atoms with van der Waals surface area (Å²) in [6.07, 6.45) is 2.33. The Labute approximate surface area is 102 Å². The monoisotopic (exact) mass is 257 g/mol. The maximum Gasteiger partial charge on any atom is 0.160 e. The van der Waals surface area contributed by atoms with Gasteiger partial charge in [-0.1, -0.05) is 12.1 Å². The fourth-order valence-corrected chi connectivity index (χ4v) is 1.48. The summed E-state index contributed by atoms with van der Waals surface area (Å²) in [6.45, 7) is 1.92. The lowest BCUT2D eigenvalue weighted by molar-refractivity contribution is 0.507. The van der Waals surface area contributed by atoms with Crippen LogP contribution in [0.5, 0.6) is 0 Å². The van der Waals surface area contributed by atoms with Gasteiger partial charge in [0.25, 0.3) is 0 Å². The number of halogens is 3. The van der Waals surface area contributed by atoms with Crippen LogP contribution in [-0.4, -0.2) is 15.0 Å². The molecule has 0 amide bonds. The molecule has 0 aliphatic heterocycles. The van der Waals surface area contributed by atoms with Gasteiger partial charge >= 0.3 is 0 Å². The summed E-state index contributed by atoms with van der Waals surface area (Å²) >= 11 is 6.00. The van der Waals surface area contributed by atoms with Gasteiger partial charge in [0, 0.05) is 6.07 Å². The van der Waals surface area contributed by atoms with Gasteiger partial charge in [0.15, 0.2) is 11.6 Å². The molecule has 1 aromatic carbocycles. The van der Waals surface area contributed by atoms with Crippen molar-refractivity contribution in [2.24, 2.45) is 0 Å². The van der Waals surface area contributed by atoms with E-state index in [1.807, 2.05) is 6.92 Å². The summed E-state index contributed by atoms with van der Waals surface area (Å²) in [7, 11) is 0. The highest BCUT2D eigenvalue weighted by Gasteiger charge is 2.11. The molecule has 0 N–H and O–H groups in total. The van der Waals surface area contributed by atoms with Crippen LogP contribution in [0, 0.1) is 11.6 Å². The van der Waals surface area contributed by atoms with E-state index in [-0.39, 0.29) is 5.38 Å². The molecule has 0 aliphatic rings. The fourth-order valence-electron chi connectivity index (χ4n) is 1.38. The lowest BCUT2D eigenvalue weighted by Crippen LogP contribution is -1.96. The number of hydrogen-bond acceptors (Lipinski definition) is 2. The van der Waals surface area contributed by atoms with Crippen molar-refractivity contribution in [3.63, 3.8) is 0 Å². The highest BCUT2D eigenvalue weighted by atomic mass is 35.5. The molecule has 1 atom stereocenters. The zero-order chi connectivity index (χ0) is 12.4. The topological polar surface area (TPSA) is 30.7 Å². The predicted molar refractivity (Wildman–Crippen MR) is 60.2 cm³/mol. The quantitative estimate of drug-likeness (QED) is 0.791. The number of benzene rings is 1. The Morgan fingerprint density at radius 1 is 1.35 bits per heavy atom. The SMILES string of the molecule is CCC(Cl)c1cn(-c2ccc(F)c(F)c2)nn1. The summed E-state index contributed by atoms with van der Waals surface area (Å²) in [4.78, 5) is 0. The standard InChI is InChI=1S/C11H10ClF2N3/c1-2-8(12)11-6-17(16-15-11)7-3-4-9(13)10(14)5-7/h3-6,8H,2H2,1H3. The van der Waals surface area contributed by atoms with E-state index in [1.165, 1.54) is 10.7 Å². The maximum atomic E-state index is 13.0. The normalized spacial score (nSPS) is 12.7. The number of aromatic nitrogens is 3. The zero-order valence-electron chi connectivity index (χ0n) is 9.07. The number of nitrogens with zero attached hydrogens (tertiary/aromatic N) is 3. The third-order valence-corrected chi connectivity index (χ3v) is 2.89. The van der Waals surface area contributed by atoms with Crippen LogP contribution < -0.4 is 0 Å². The molecular formula is C11H10ClF2N3. The molecule has 90 valence electrons. The Morgan fingerprint density at radius 3 is 2.76 bits per heavy atom. The van der Waals surface area contributed by atoms with Crippen molar-refractivity contribution in [2.75, 3.05) is 0 Å². The van der Waals surface area contributed by atoms with Gasteiger partial charge in [-0.05, 0) is 18.6 Å². The van der Waals surface area contributed by atoms with Crippen LogP contribution in [0.15, 0.2) is 24.4 Å². The second-order valence-corrected chi connectivity index (χ2v) is 4.09. The van der Waals surface area contributed by atoms with Crippen LogP contribution >= 0.6 is 11.6 Å². The Morgan fingerprint density at radius 2 is 2.12 bits per heavy atom. The molecule has 3 nitrogen and oxygen atoms in total. The first-order valence-electron chi connectivity index (χ1n) is 5.13. The van der Waals surface area contributed by atoms with E-state index < -0.39 is 11.6 Å². The number of hydrogen-bond donors (Lipinski definition) is 0. The average Bonchev–Trinajstić information content (AvgIpc) is 2.81. The second-order valence-electron chi connectivity index (χ2n) is 3.56. The van der Waals surface area contributed by atoms with Gasteiger partial charge in [0.2, 0.25) is 0 Å². The lowest BCUT2D eigenvalue weighted by Gasteiger charge is -2.01. The van der Waals surface area contributed by atoms with Crippen LogP contribution in [0.3, 0.4) is 0 Å². The van der Waals surface area contributed by atoms with Gasteiger partial charge in [-0.25, -0.2) is 13.5 Å². The minimum atomic E-state index is -0.919. The Balaban J connectivity index is 2.33. The van der Waals surface area contributed by atoms with Crippen molar-refractivity contribution in [3.05, 3.63) is 41.7 Å². The van der Waals surface area contributed by atoms with E-state index in [0.717, 1.165) is 18.6 Å². The summed E-state index contributed by atoms with van der Waals surface area (Å²) in [6, 6.07) is 3.53. The van der Waals surface area contributed by atoms with Crippen molar-refractivity contribution >= 4 is 11.6 Å². The maximum absolute atomic E-state index is 13.0. The van der Waals surface area contributed by atoms with Crippen LogP contribution in [-0.2, 0) is 0 Å². The third kappa shape index (κ3) is 2.44. The van der Waals surface area contributed by atoms with Crippen LogP contribution in [0.25, 0.3) is 5.69 Å². The Bertz CT molecular complexity index is 527. The predicted octanol–water partition coefficient (Wildman–Crippen LogP) is 3.24. The first-order valence-corrected chi connectivity index (χ1v) is 5.57. The van der Waals surface area contributed by atoms with Gasteiger partial charge in [-0.15, -0.1) is 16.7 Å². The second kappa shape index (κ2) is 4.79. The molecule has 0 fully saturated rings. The minimum absolute atomic E-state index is 0.228. The summed E-state index contributed by atoms with van der Waals surface area (Å²) in [5.41, 5.74) is 1.02. The molecule has 2 rings (SSSR count). The van der Waals surface area contributed by atoms with Crippen molar-refractivity contribution in [1.82, 2.24) is 15.0 Å². The van der Waals surface area contributed by atoms with Gasteiger partial charge in [-0.2, -0.15) is 0 Å². The number of rotatable bonds is 3. The van der Waals surface area contributed by atoms with E-state index in [9.17, 15) is 8.78 Å². The van der Waals surface area contributed by atoms with Crippen LogP contribution in [0.4, 0.5) is 8.78 Å². The highest BCUT2D eigenvalue weighted by Crippen LogP contribution is 2.22. The van der Waals surface area contributed by atoms with Crippen molar-refractivity contribution in [1.29, 1.82) is 0 Å². The van der Waals surface area contributed by atoms with Crippen molar-refractivity contribution in [3.8, 4) is 5.69 Å². The first kappa shape index (κ1) is 12.0. The molecule has 17 heavy (non-hydrogen) atoms. The Hall–Kier alpha value is -1.49. The summed E-state index contributed by atoms with van der Waals surface area (Å²) in [5.74, 6) is -1.81. The van der Waals surface area contributed by atoms with Gasteiger partial charge < -0.3 is 0 Å². The Kier molecular flexibility index (Phi) is 3.38. The van der Waals surface area contributed by atoms with E-state index >= 15 is 0 Å². The molecule has 0 radical (unpaired) electrons. The van der Waals surface area contributed by atoms with Crippen LogP contribution in [0.2, 0.25) is 0 Å². The van der Waals surface area contributed by atoms with Crippen LogP contribution in [0.1, 0.15) is 24.4 Å². The lowest BCUT2D eigenvalue weighted by atomic mass is 10.2. The van der Waals surface area contributed by atoms with E-state index in [0.29, 0.717) is 11.4 Å². The average molecular weight is 258 g/mol. The van der Waals surface area contributed by atoms with Crippen molar-refractivity contribution < 1.29 is 8.78 Å². The summed E-state index contributed by atoms with van der Waals surface area (Å²) in [5, 5.41) is 7.47. The molecule has 1 unspecified atom stereocenters. The minimum Gasteiger partial charge on any atom is -0.220 e. The summed E-state index contributed by atoms with van der Waals surface area (Å²) < 4.78 is 27.2. The molecular weight excluding hydrogens is 248 g/mol. The highest BCUT2D eigenvalue weighted by molar-refractivity contribution is 6.20. The molecule has 0 spiro atoms. The molecule has 6 heteroatoms. The fraction of sp³-hybridized carbons (Fsp3) is 0.273. The third-order valence-electron chi connectivity index (χ3n) is 2.36. The van der Waals surface area contributed by atoms with Gasteiger partial charge in [0.1, 0.15) is 5.69 Å². The molecule has 1 heterocycles. The van der Waals surface area contributed by atoms with E-state index in [1.54, 1.807) is 6.20 Å². The molecule has 0 aliphatic carbocycles. The molecule has 1 aromatic heterocycles. The van der Waals surface area contributed by atoms with E-state index in [4.69, 9.17) is 11.6 Å².